The van der Waals surface area contributed by atoms with Crippen molar-refractivity contribution in [3.63, 3.8) is 0 Å². The maximum atomic E-state index is 12.1. The van der Waals surface area contributed by atoms with Crippen LogP contribution in [0.2, 0.25) is 0 Å². The van der Waals surface area contributed by atoms with Crippen LogP contribution in [0.5, 0.6) is 0 Å². The first-order chi connectivity index (χ1) is 10.8. The first-order valence-corrected chi connectivity index (χ1v) is 6.62. The van der Waals surface area contributed by atoms with Gasteiger partial charge in [-0.3, -0.25) is 4.79 Å². The van der Waals surface area contributed by atoms with Gasteiger partial charge in [-0.25, -0.2) is 4.98 Å². The zero-order valence-corrected chi connectivity index (χ0v) is 11.4. The third-order valence-electron chi connectivity index (χ3n) is 3.31. The summed E-state index contributed by atoms with van der Waals surface area (Å²) in [6, 6.07) is 5.82. The van der Waals surface area contributed by atoms with Gasteiger partial charge in [-0.15, -0.1) is 0 Å². The number of rotatable bonds is 3. The average Bonchev–Trinajstić information content (AvgIpc) is 3.27. The zero-order valence-electron chi connectivity index (χ0n) is 11.4. The van der Waals surface area contributed by atoms with Crippen molar-refractivity contribution in [1.29, 1.82) is 0 Å². The molecule has 0 fully saturated rings. The van der Waals surface area contributed by atoms with Crippen molar-refractivity contribution in [2.75, 3.05) is 5.32 Å². The molecule has 4 aromatic rings. The number of nitrogens with one attached hydrogen (secondary N) is 2. The second-order valence-corrected chi connectivity index (χ2v) is 4.78. The van der Waals surface area contributed by atoms with E-state index in [1.54, 1.807) is 6.20 Å². The molecule has 0 aromatic carbocycles. The molecule has 108 valence electrons. The SMILES string of the molecule is O=C(Nc1cnoc1)c1cn2cc(-c3cc[nH]c3)ccc2n1. The molecule has 1 amide bonds. The van der Waals surface area contributed by atoms with Gasteiger partial charge in [0.1, 0.15) is 23.3 Å². The van der Waals surface area contributed by atoms with Gasteiger partial charge in [-0.05, 0) is 23.8 Å². The smallest absolute Gasteiger partial charge is 0.276 e. The largest absolute Gasteiger partial charge is 0.367 e. The van der Waals surface area contributed by atoms with E-state index in [-0.39, 0.29) is 5.91 Å². The average molecular weight is 293 g/mol. The number of hydrogen-bond donors (Lipinski definition) is 2. The second kappa shape index (κ2) is 4.88. The lowest BCUT2D eigenvalue weighted by Crippen LogP contribution is -2.11. The molecule has 4 rings (SSSR count). The first kappa shape index (κ1) is 12.4. The Balaban J connectivity index is 1.67. The van der Waals surface area contributed by atoms with Crippen molar-refractivity contribution in [3.05, 3.63) is 61.1 Å². The lowest BCUT2D eigenvalue weighted by molar-refractivity contribution is 0.102. The summed E-state index contributed by atoms with van der Waals surface area (Å²) in [5, 5.41) is 6.20. The van der Waals surface area contributed by atoms with Gasteiger partial charge in [0.25, 0.3) is 5.91 Å². The molecule has 0 saturated carbocycles. The van der Waals surface area contributed by atoms with Crippen LogP contribution in [0.25, 0.3) is 16.8 Å². The van der Waals surface area contributed by atoms with E-state index in [4.69, 9.17) is 0 Å². The van der Waals surface area contributed by atoms with Gasteiger partial charge >= 0.3 is 0 Å². The number of H-pyrrole nitrogens is 1. The molecule has 0 atom stereocenters. The van der Waals surface area contributed by atoms with Gasteiger partial charge in [0.15, 0.2) is 0 Å². The number of aromatic nitrogens is 4. The number of anilines is 1. The lowest BCUT2D eigenvalue weighted by Gasteiger charge is -1.98. The van der Waals surface area contributed by atoms with E-state index in [2.05, 4.69) is 25.0 Å². The van der Waals surface area contributed by atoms with Gasteiger partial charge in [0, 0.05) is 30.4 Å². The number of carbonyl (C=O) groups is 1. The lowest BCUT2D eigenvalue weighted by atomic mass is 10.1. The van der Waals surface area contributed by atoms with E-state index < -0.39 is 0 Å². The molecule has 0 aliphatic heterocycles. The molecule has 0 saturated heterocycles. The predicted octanol–water partition coefficient (Wildman–Crippen LogP) is 2.57. The van der Waals surface area contributed by atoms with Crippen LogP contribution >= 0.6 is 0 Å². The maximum absolute atomic E-state index is 12.1. The highest BCUT2D eigenvalue weighted by Gasteiger charge is 2.12. The summed E-state index contributed by atoms with van der Waals surface area (Å²) in [6.45, 7) is 0. The molecular weight excluding hydrogens is 282 g/mol. The number of nitrogens with zero attached hydrogens (tertiary/aromatic N) is 3. The minimum atomic E-state index is -0.310. The maximum Gasteiger partial charge on any atom is 0.276 e. The van der Waals surface area contributed by atoms with E-state index >= 15 is 0 Å². The highest BCUT2D eigenvalue weighted by Crippen LogP contribution is 2.19. The van der Waals surface area contributed by atoms with Crippen LogP contribution in [0.15, 0.2) is 60.0 Å². The Morgan fingerprint density at radius 3 is 2.95 bits per heavy atom. The summed E-state index contributed by atoms with van der Waals surface area (Å²) in [5.41, 5.74) is 3.64. The number of aromatic amines is 1. The van der Waals surface area contributed by atoms with Gasteiger partial charge in [-0.2, -0.15) is 0 Å². The van der Waals surface area contributed by atoms with Crippen LogP contribution in [0, 0.1) is 0 Å². The second-order valence-electron chi connectivity index (χ2n) is 4.78. The fourth-order valence-electron chi connectivity index (χ4n) is 2.24. The molecule has 7 nitrogen and oxygen atoms in total. The van der Waals surface area contributed by atoms with Gasteiger partial charge in [-0.1, -0.05) is 5.16 Å². The minimum absolute atomic E-state index is 0.310. The number of imidazole rings is 1. The number of carbonyl (C=O) groups excluding carboxylic acids is 1. The molecule has 0 bridgehead atoms. The van der Waals surface area contributed by atoms with Gasteiger partial charge in [0.2, 0.25) is 0 Å². The molecule has 0 aliphatic rings. The molecule has 22 heavy (non-hydrogen) atoms. The van der Waals surface area contributed by atoms with E-state index in [9.17, 15) is 4.79 Å². The topological polar surface area (TPSA) is 88.2 Å². The third kappa shape index (κ3) is 2.14. The highest BCUT2D eigenvalue weighted by molar-refractivity contribution is 6.03. The number of hydrogen-bond acceptors (Lipinski definition) is 4. The van der Waals surface area contributed by atoms with Crippen molar-refractivity contribution in [3.8, 4) is 11.1 Å². The Labute approximate surface area is 124 Å². The minimum Gasteiger partial charge on any atom is -0.367 e. The van der Waals surface area contributed by atoms with E-state index in [1.165, 1.54) is 12.5 Å². The van der Waals surface area contributed by atoms with Crippen molar-refractivity contribution in [1.82, 2.24) is 19.5 Å². The molecule has 2 N–H and O–H groups in total. The Hall–Kier alpha value is -3.35. The number of fused-ring (bicyclic) bond motifs is 1. The highest BCUT2D eigenvalue weighted by atomic mass is 16.5. The molecule has 4 aromatic heterocycles. The number of pyridine rings is 1. The zero-order chi connectivity index (χ0) is 14.9. The molecule has 4 heterocycles. The van der Waals surface area contributed by atoms with Crippen LogP contribution in [0.4, 0.5) is 5.69 Å². The Bertz CT molecular complexity index is 922. The Kier molecular flexibility index (Phi) is 2.75. The van der Waals surface area contributed by atoms with Crippen LogP contribution < -0.4 is 5.32 Å². The van der Waals surface area contributed by atoms with Crippen LogP contribution in [0.3, 0.4) is 0 Å². The third-order valence-corrected chi connectivity index (χ3v) is 3.31. The van der Waals surface area contributed by atoms with Crippen LogP contribution in [-0.4, -0.2) is 25.4 Å². The quantitative estimate of drug-likeness (QED) is 0.607. The summed E-state index contributed by atoms with van der Waals surface area (Å²) in [4.78, 5) is 19.5. The van der Waals surface area contributed by atoms with E-state index in [0.717, 1.165) is 11.1 Å². The van der Waals surface area contributed by atoms with E-state index in [0.29, 0.717) is 17.0 Å². The Morgan fingerprint density at radius 2 is 2.18 bits per heavy atom. The van der Waals surface area contributed by atoms with Gasteiger partial charge in [0.05, 0.1) is 6.20 Å². The first-order valence-electron chi connectivity index (χ1n) is 6.62. The fourth-order valence-corrected chi connectivity index (χ4v) is 2.24. The molecule has 0 unspecified atom stereocenters. The summed E-state index contributed by atoms with van der Waals surface area (Å²) in [6.07, 6.45) is 10.2. The molecule has 0 spiro atoms. The molecule has 0 aliphatic carbocycles. The number of amides is 1. The fraction of sp³-hybridized carbons (Fsp3) is 0. The van der Waals surface area contributed by atoms with Crippen molar-refractivity contribution in [2.24, 2.45) is 0 Å². The Morgan fingerprint density at radius 1 is 1.23 bits per heavy atom. The molecular formula is C15H11N5O2. The summed E-state index contributed by atoms with van der Waals surface area (Å²) >= 11 is 0. The normalized spacial score (nSPS) is 10.9. The van der Waals surface area contributed by atoms with Crippen LogP contribution in [-0.2, 0) is 0 Å². The van der Waals surface area contributed by atoms with Crippen molar-refractivity contribution in [2.45, 2.75) is 0 Å². The molecule has 7 heteroatoms. The summed E-state index contributed by atoms with van der Waals surface area (Å²) < 4.78 is 6.50. The predicted molar refractivity (Wildman–Crippen MR) is 79.4 cm³/mol. The monoisotopic (exact) mass is 293 g/mol. The van der Waals surface area contributed by atoms with Crippen molar-refractivity contribution < 1.29 is 9.32 Å². The van der Waals surface area contributed by atoms with Crippen LogP contribution in [0.1, 0.15) is 10.5 Å². The van der Waals surface area contributed by atoms with Crippen molar-refractivity contribution >= 4 is 17.2 Å². The summed E-state index contributed by atoms with van der Waals surface area (Å²) in [7, 11) is 0. The molecule has 0 radical (unpaired) electrons. The summed E-state index contributed by atoms with van der Waals surface area (Å²) in [5.74, 6) is -0.310. The standard InChI is InChI=1S/C15H11N5O2/c21-15(18-12-6-17-22-9-12)13-8-20-7-11(1-2-14(20)19-13)10-3-4-16-5-10/h1-9,16H,(H,18,21). The van der Waals surface area contributed by atoms with E-state index in [1.807, 2.05) is 41.2 Å². The van der Waals surface area contributed by atoms with Gasteiger partial charge < -0.3 is 19.2 Å².